The van der Waals surface area contributed by atoms with Crippen LogP contribution in [0.2, 0.25) is 0 Å². The first-order valence-corrected chi connectivity index (χ1v) is 10.5. The second-order valence-corrected chi connectivity index (χ2v) is 7.61. The Balaban J connectivity index is 1.58. The van der Waals surface area contributed by atoms with Crippen LogP contribution in [0.3, 0.4) is 0 Å². The molecule has 158 valence electrons. The first kappa shape index (κ1) is 19.5. The van der Waals surface area contributed by atoms with Crippen molar-refractivity contribution < 1.29 is 24.1 Å². The maximum atomic E-state index is 9.80. The van der Waals surface area contributed by atoms with Crippen molar-refractivity contribution in [2.24, 2.45) is 0 Å². The summed E-state index contributed by atoms with van der Waals surface area (Å²) in [5.41, 5.74) is 5.49. The number of benzene rings is 3. The molecular weight excluding hydrogens is 392 g/mol. The lowest BCUT2D eigenvalue weighted by Crippen LogP contribution is -2.04. The molecule has 3 aromatic rings. The Hall–Kier alpha value is -3.44. The number of hydrogen-bond acceptors (Lipinski definition) is 5. The highest BCUT2D eigenvalue weighted by molar-refractivity contribution is 5.99. The zero-order chi connectivity index (χ0) is 21.2. The summed E-state index contributed by atoms with van der Waals surface area (Å²) in [4.78, 5) is 0. The van der Waals surface area contributed by atoms with E-state index in [1.165, 1.54) is 5.57 Å². The van der Waals surface area contributed by atoms with Crippen LogP contribution in [0.5, 0.6) is 23.0 Å². The molecule has 0 saturated carbocycles. The first-order chi connectivity index (χ1) is 15.2. The standard InChI is InChI=1S/C26H24O5/c1-2-23(19-7-12-24-25(13-19)31-16-30-24)26(17-3-8-20(27)9-4-17)18-5-10-21(11-6-18)28-14-22-15-29-22/h3-13,22,27H,2,14-16H2,1H3/b26-23-. The molecule has 1 fully saturated rings. The van der Waals surface area contributed by atoms with Gasteiger partial charge < -0.3 is 24.1 Å². The van der Waals surface area contributed by atoms with Gasteiger partial charge in [-0.2, -0.15) is 0 Å². The van der Waals surface area contributed by atoms with Gasteiger partial charge >= 0.3 is 0 Å². The minimum absolute atomic E-state index is 0.227. The molecule has 1 N–H and O–H groups in total. The second-order valence-electron chi connectivity index (χ2n) is 7.61. The summed E-state index contributed by atoms with van der Waals surface area (Å²) in [6.45, 7) is 3.76. The Morgan fingerprint density at radius 1 is 0.903 bits per heavy atom. The third-order valence-corrected chi connectivity index (χ3v) is 5.51. The Morgan fingerprint density at radius 2 is 1.55 bits per heavy atom. The highest BCUT2D eigenvalue weighted by Gasteiger charge is 2.23. The molecule has 3 aromatic carbocycles. The number of phenolic OH excluding ortho intramolecular Hbond substituents is 1. The molecule has 5 rings (SSSR count). The zero-order valence-corrected chi connectivity index (χ0v) is 17.3. The summed E-state index contributed by atoms with van der Waals surface area (Å²) in [7, 11) is 0. The zero-order valence-electron chi connectivity index (χ0n) is 17.3. The smallest absolute Gasteiger partial charge is 0.231 e. The number of aromatic hydroxyl groups is 1. The lowest BCUT2D eigenvalue weighted by Gasteiger charge is -2.17. The monoisotopic (exact) mass is 416 g/mol. The molecular formula is C26H24O5. The van der Waals surface area contributed by atoms with Gasteiger partial charge in [0.2, 0.25) is 6.79 Å². The number of fused-ring (bicyclic) bond motifs is 1. The molecule has 2 heterocycles. The maximum absolute atomic E-state index is 9.80. The Kier molecular flexibility index (Phi) is 5.26. The van der Waals surface area contributed by atoms with Gasteiger partial charge in [-0.1, -0.05) is 37.3 Å². The van der Waals surface area contributed by atoms with Crippen molar-refractivity contribution in [2.45, 2.75) is 19.4 Å². The van der Waals surface area contributed by atoms with E-state index < -0.39 is 0 Å². The van der Waals surface area contributed by atoms with Crippen LogP contribution in [0.4, 0.5) is 0 Å². The fraction of sp³-hybridized carbons (Fsp3) is 0.231. The predicted octanol–water partition coefficient (Wildman–Crippen LogP) is 5.27. The van der Waals surface area contributed by atoms with Gasteiger partial charge in [0.05, 0.1) is 6.61 Å². The molecule has 2 aliphatic rings. The fourth-order valence-electron chi connectivity index (χ4n) is 3.82. The maximum Gasteiger partial charge on any atom is 0.231 e. The summed E-state index contributed by atoms with van der Waals surface area (Å²) >= 11 is 0. The average molecular weight is 416 g/mol. The van der Waals surface area contributed by atoms with Gasteiger partial charge in [0.15, 0.2) is 11.5 Å². The molecule has 0 aromatic heterocycles. The van der Waals surface area contributed by atoms with Gasteiger partial charge in [0, 0.05) is 0 Å². The average Bonchev–Trinajstić information content (AvgIpc) is 3.52. The summed E-state index contributed by atoms with van der Waals surface area (Å²) < 4.78 is 22.1. The molecule has 1 unspecified atom stereocenters. The van der Waals surface area contributed by atoms with Crippen LogP contribution in [-0.2, 0) is 4.74 Å². The molecule has 1 atom stereocenters. The third kappa shape index (κ3) is 4.23. The Labute approximate surface area is 181 Å². The van der Waals surface area contributed by atoms with Crippen molar-refractivity contribution >= 4 is 11.1 Å². The van der Waals surface area contributed by atoms with Crippen LogP contribution in [0.15, 0.2) is 66.7 Å². The highest BCUT2D eigenvalue weighted by Crippen LogP contribution is 2.40. The quantitative estimate of drug-likeness (QED) is 0.420. The number of ether oxygens (including phenoxy) is 4. The number of rotatable bonds is 7. The molecule has 5 nitrogen and oxygen atoms in total. The molecule has 2 aliphatic heterocycles. The summed E-state index contributed by atoms with van der Waals surface area (Å²) in [5.74, 6) is 2.60. The van der Waals surface area contributed by atoms with Gasteiger partial charge in [0.25, 0.3) is 0 Å². The van der Waals surface area contributed by atoms with Crippen LogP contribution in [0.1, 0.15) is 30.0 Å². The number of hydrogen-bond donors (Lipinski definition) is 1. The lowest BCUT2D eigenvalue weighted by atomic mass is 9.88. The van der Waals surface area contributed by atoms with Crippen molar-refractivity contribution in [1.29, 1.82) is 0 Å². The SMILES string of the molecule is CC/C(=C(\c1ccc(O)cc1)c1ccc(OCC2CO2)cc1)c1ccc2c(c1)OCO2. The van der Waals surface area contributed by atoms with Gasteiger partial charge in [-0.25, -0.2) is 0 Å². The molecule has 0 aliphatic carbocycles. The molecule has 31 heavy (non-hydrogen) atoms. The van der Waals surface area contributed by atoms with E-state index in [1.807, 2.05) is 36.4 Å². The van der Waals surface area contributed by atoms with E-state index in [0.29, 0.717) is 6.61 Å². The molecule has 0 radical (unpaired) electrons. The number of allylic oxidation sites excluding steroid dienone is 1. The van der Waals surface area contributed by atoms with E-state index in [2.05, 4.69) is 25.1 Å². The van der Waals surface area contributed by atoms with E-state index in [0.717, 1.165) is 52.5 Å². The molecule has 0 bridgehead atoms. The van der Waals surface area contributed by atoms with E-state index in [-0.39, 0.29) is 18.6 Å². The normalized spacial score (nSPS) is 17.3. The number of epoxide rings is 1. The van der Waals surface area contributed by atoms with Crippen LogP contribution < -0.4 is 14.2 Å². The van der Waals surface area contributed by atoms with Gasteiger partial charge in [-0.3, -0.25) is 0 Å². The summed E-state index contributed by atoms with van der Waals surface area (Å²) in [6.07, 6.45) is 1.05. The van der Waals surface area contributed by atoms with E-state index in [1.54, 1.807) is 12.1 Å². The first-order valence-electron chi connectivity index (χ1n) is 10.5. The van der Waals surface area contributed by atoms with Crippen molar-refractivity contribution in [1.82, 2.24) is 0 Å². The molecule has 1 saturated heterocycles. The van der Waals surface area contributed by atoms with Crippen LogP contribution in [-0.4, -0.2) is 31.2 Å². The second kappa shape index (κ2) is 8.36. The largest absolute Gasteiger partial charge is 0.508 e. The van der Waals surface area contributed by atoms with Crippen molar-refractivity contribution in [3.8, 4) is 23.0 Å². The molecule has 0 spiro atoms. The van der Waals surface area contributed by atoms with Crippen molar-refractivity contribution in [3.63, 3.8) is 0 Å². The van der Waals surface area contributed by atoms with Gasteiger partial charge in [-0.05, 0) is 70.7 Å². The van der Waals surface area contributed by atoms with E-state index in [4.69, 9.17) is 18.9 Å². The van der Waals surface area contributed by atoms with Gasteiger partial charge in [-0.15, -0.1) is 0 Å². The van der Waals surface area contributed by atoms with Gasteiger partial charge in [0.1, 0.15) is 24.2 Å². The van der Waals surface area contributed by atoms with Crippen LogP contribution in [0, 0.1) is 0 Å². The summed E-state index contributed by atoms with van der Waals surface area (Å²) in [5, 5.41) is 9.80. The van der Waals surface area contributed by atoms with Crippen molar-refractivity contribution in [2.75, 3.05) is 20.0 Å². The fourth-order valence-corrected chi connectivity index (χ4v) is 3.82. The Morgan fingerprint density at radius 3 is 2.23 bits per heavy atom. The molecule has 5 heteroatoms. The third-order valence-electron chi connectivity index (χ3n) is 5.51. The predicted molar refractivity (Wildman–Crippen MR) is 119 cm³/mol. The molecule has 0 amide bonds. The van der Waals surface area contributed by atoms with Crippen LogP contribution >= 0.6 is 0 Å². The lowest BCUT2D eigenvalue weighted by molar-refractivity contribution is 0.174. The van der Waals surface area contributed by atoms with Crippen molar-refractivity contribution in [3.05, 3.63) is 83.4 Å². The number of phenols is 1. The van der Waals surface area contributed by atoms with Crippen LogP contribution in [0.25, 0.3) is 11.1 Å². The van der Waals surface area contributed by atoms with E-state index >= 15 is 0 Å². The topological polar surface area (TPSA) is 60.5 Å². The Bertz CT molecular complexity index is 1100. The summed E-state index contributed by atoms with van der Waals surface area (Å²) in [6, 6.07) is 21.5. The minimum atomic E-state index is 0.227. The highest BCUT2D eigenvalue weighted by atomic mass is 16.7. The minimum Gasteiger partial charge on any atom is -0.508 e. The van der Waals surface area contributed by atoms with E-state index in [9.17, 15) is 5.11 Å².